The predicted octanol–water partition coefficient (Wildman–Crippen LogP) is 3.69. The standard InChI is InChI=1S/C14H15BrN2/c15-9-1-4-13-11(7-9)12(14(16)5-6-14)8-17(13)10-2-3-10/h1,4,7-8,10H,2-3,5-6,16H2. The van der Waals surface area contributed by atoms with Gasteiger partial charge in [-0.1, -0.05) is 15.9 Å². The number of fused-ring (bicyclic) bond motifs is 1. The number of hydrogen-bond donors (Lipinski definition) is 1. The molecule has 0 aliphatic heterocycles. The van der Waals surface area contributed by atoms with Crippen LogP contribution in [0.2, 0.25) is 0 Å². The maximum atomic E-state index is 6.39. The number of nitrogens with two attached hydrogens (primary N) is 1. The Kier molecular flexibility index (Phi) is 1.88. The van der Waals surface area contributed by atoms with Gasteiger partial charge < -0.3 is 10.3 Å². The van der Waals surface area contributed by atoms with E-state index in [2.05, 4.69) is 44.9 Å². The van der Waals surface area contributed by atoms with Crippen molar-refractivity contribution in [1.82, 2.24) is 4.57 Å². The van der Waals surface area contributed by atoms with E-state index in [-0.39, 0.29) is 5.54 Å². The molecule has 0 saturated heterocycles. The van der Waals surface area contributed by atoms with Gasteiger partial charge >= 0.3 is 0 Å². The molecule has 2 N–H and O–H groups in total. The van der Waals surface area contributed by atoms with Crippen LogP contribution in [0.3, 0.4) is 0 Å². The molecule has 0 radical (unpaired) electrons. The Morgan fingerprint density at radius 2 is 2.06 bits per heavy atom. The zero-order chi connectivity index (χ0) is 11.6. The van der Waals surface area contributed by atoms with E-state index < -0.39 is 0 Å². The van der Waals surface area contributed by atoms with E-state index in [4.69, 9.17) is 5.73 Å². The predicted molar refractivity (Wildman–Crippen MR) is 73.0 cm³/mol. The second kappa shape index (κ2) is 3.15. The average molecular weight is 291 g/mol. The second-order valence-electron chi connectivity index (χ2n) is 5.50. The van der Waals surface area contributed by atoms with Crippen molar-refractivity contribution in [1.29, 1.82) is 0 Å². The average Bonchev–Trinajstić information content (AvgIpc) is 3.21. The molecule has 2 nitrogen and oxygen atoms in total. The van der Waals surface area contributed by atoms with Gasteiger partial charge in [0.15, 0.2) is 0 Å². The molecule has 2 aliphatic carbocycles. The van der Waals surface area contributed by atoms with Crippen LogP contribution in [-0.2, 0) is 5.54 Å². The molecule has 0 bridgehead atoms. The van der Waals surface area contributed by atoms with Crippen LogP contribution < -0.4 is 5.73 Å². The van der Waals surface area contributed by atoms with E-state index in [0.717, 1.165) is 23.4 Å². The first-order valence-corrected chi connectivity index (χ1v) is 7.06. The maximum absolute atomic E-state index is 6.39. The third-order valence-corrected chi connectivity index (χ3v) is 4.55. The fourth-order valence-electron chi connectivity index (χ4n) is 2.68. The summed E-state index contributed by atoms with van der Waals surface area (Å²) in [5.74, 6) is 0. The van der Waals surface area contributed by atoms with E-state index in [1.54, 1.807) is 0 Å². The third-order valence-electron chi connectivity index (χ3n) is 4.06. The molecular formula is C14H15BrN2. The topological polar surface area (TPSA) is 30.9 Å². The summed E-state index contributed by atoms with van der Waals surface area (Å²) in [6, 6.07) is 7.28. The number of nitrogens with zero attached hydrogens (tertiary/aromatic N) is 1. The molecule has 0 spiro atoms. The van der Waals surface area contributed by atoms with E-state index >= 15 is 0 Å². The monoisotopic (exact) mass is 290 g/mol. The fourth-order valence-corrected chi connectivity index (χ4v) is 3.04. The Hall–Kier alpha value is -0.800. The van der Waals surface area contributed by atoms with Crippen LogP contribution >= 0.6 is 15.9 Å². The summed E-state index contributed by atoms with van der Waals surface area (Å²) < 4.78 is 3.58. The van der Waals surface area contributed by atoms with E-state index in [1.165, 1.54) is 29.3 Å². The van der Waals surface area contributed by atoms with E-state index in [9.17, 15) is 0 Å². The molecule has 17 heavy (non-hydrogen) atoms. The molecule has 2 aromatic rings. The number of aromatic nitrogens is 1. The smallest absolute Gasteiger partial charge is 0.0487 e. The van der Waals surface area contributed by atoms with Crippen LogP contribution in [0.15, 0.2) is 28.9 Å². The van der Waals surface area contributed by atoms with Gasteiger partial charge in [-0.05, 0) is 49.4 Å². The first-order chi connectivity index (χ1) is 8.17. The van der Waals surface area contributed by atoms with Crippen LogP contribution in [0.5, 0.6) is 0 Å². The van der Waals surface area contributed by atoms with Gasteiger partial charge in [-0.25, -0.2) is 0 Å². The highest BCUT2D eigenvalue weighted by atomic mass is 79.9. The van der Waals surface area contributed by atoms with Crippen molar-refractivity contribution < 1.29 is 0 Å². The van der Waals surface area contributed by atoms with Crippen molar-refractivity contribution in [2.45, 2.75) is 37.3 Å². The highest BCUT2D eigenvalue weighted by Crippen LogP contribution is 2.48. The lowest BCUT2D eigenvalue weighted by Crippen LogP contribution is -2.18. The molecule has 2 saturated carbocycles. The fraction of sp³-hybridized carbons (Fsp3) is 0.429. The quantitative estimate of drug-likeness (QED) is 0.899. The molecule has 0 unspecified atom stereocenters. The minimum atomic E-state index is -0.0425. The van der Waals surface area contributed by atoms with Gasteiger partial charge in [-0.3, -0.25) is 0 Å². The highest BCUT2D eigenvalue weighted by Gasteiger charge is 2.42. The van der Waals surface area contributed by atoms with Gasteiger partial charge in [0.05, 0.1) is 0 Å². The van der Waals surface area contributed by atoms with Crippen molar-refractivity contribution in [2.24, 2.45) is 5.73 Å². The Morgan fingerprint density at radius 1 is 1.29 bits per heavy atom. The van der Waals surface area contributed by atoms with Crippen molar-refractivity contribution in [3.8, 4) is 0 Å². The minimum Gasteiger partial charge on any atom is -0.344 e. The van der Waals surface area contributed by atoms with Gasteiger partial charge in [-0.15, -0.1) is 0 Å². The first-order valence-electron chi connectivity index (χ1n) is 6.27. The summed E-state index contributed by atoms with van der Waals surface area (Å²) in [4.78, 5) is 0. The van der Waals surface area contributed by atoms with Crippen molar-refractivity contribution in [3.05, 3.63) is 34.4 Å². The maximum Gasteiger partial charge on any atom is 0.0487 e. The number of hydrogen-bond acceptors (Lipinski definition) is 1. The summed E-state index contributed by atoms with van der Waals surface area (Å²) in [6.45, 7) is 0. The molecule has 88 valence electrons. The highest BCUT2D eigenvalue weighted by molar-refractivity contribution is 9.10. The van der Waals surface area contributed by atoms with Gasteiger partial charge in [-0.2, -0.15) is 0 Å². The molecule has 2 fully saturated rings. The van der Waals surface area contributed by atoms with Crippen LogP contribution in [0.1, 0.15) is 37.3 Å². The van der Waals surface area contributed by atoms with Gasteiger partial charge in [0, 0.05) is 33.2 Å². The second-order valence-corrected chi connectivity index (χ2v) is 6.41. The summed E-state index contributed by atoms with van der Waals surface area (Å²) in [5, 5.41) is 1.34. The molecule has 1 heterocycles. The lowest BCUT2D eigenvalue weighted by molar-refractivity contribution is 0.721. The Labute approximate surface area is 109 Å². The lowest BCUT2D eigenvalue weighted by atomic mass is 10.1. The van der Waals surface area contributed by atoms with Gasteiger partial charge in [0.2, 0.25) is 0 Å². The van der Waals surface area contributed by atoms with Crippen LogP contribution in [-0.4, -0.2) is 4.57 Å². The molecular weight excluding hydrogens is 276 g/mol. The summed E-state index contributed by atoms with van der Waals surface area (Å²) in [6.07, 6.45) is 7.20. The SMILES string of the molecule is NC1(c2cn(C3CC3)c3ccc(Br)cc23)CC1. The Balaban J connectivity index is 2.02. The van der Waals surface area contributed by atoms with Crippen molar-refractivity contribution in [3.63, 3.8) is 0 Å². The summed E-state index contributed by atoms with van der Waals surface area (Å²) >= 11 is 3.57. The third kappa shape index (κ3) is 1.49. The molecule has 4 rings (SSSR count). The van der Waals surface area contributed by atoms with Gasteiger partial charge in [0.25, 0.3) is 0 Å². The summed E-state index contributed by atoms with van der Waals surface area (Å²) in [7, 11) is 0. The van der Waals surface area contributed by atoms with E-state index in [1.807, 2.05) is 0 Å². The number of rotatable bonds is 2. The summed E-state index contributed by atoms with van der Waals surface area (Å²) in [5.41, 5.74) is 9.04. The molecule has 2 aliphatic rings. The zero-order valence-electron chi connectivity index (χ0n) is 9.62. The molecule has 0 amide bonds. The first kappa shape index (κ1) is 10.2. The van der Waals surface area contributed by atoms with E-state index in [0.29, 0.717) is 0 Å². The van der Waals surface area contributed by atoms with Crippen LogP contribution in [0, 0.1) is 0 Å². The Bertz CT molecular complexity index is 606. The Morgan fingerprint density at radius 3 is 2.71 bits per heavy atom. The normalized spacial score (nSPS) is 22.0. The number of halogens is 1. The lowest BCUT2D eigenvalue weighted by Gasteiger charge is -2.06. The van der Waals surface area contributed by atoms with Crippen LogP contribution in [0.25, 0.3) is 10.9 Å². The molecule has 3 heteroatoms. The van der Waals surface area contributed by atoms with Gasteiger partial charge in [0.1, 0.15) is 0 Å². The van der Waals surface area contributed by atoms with Crippen LogP contribution in [0.4, 0.5) is 0 Å². The molecule has 1 aromatic carbocycles. The zero-order valence-corrected chi connectivity index (χ0v) is 11.2. The number of benzene rings is 1. The minimum absolute atomic E-state index is 0.0425. The largest absolute Gasteiger partial charge is 0.344 e. The van der Waals surface area contributed by atoms with Crippen molar-refractivity contribution in [2.75, 3.05) is 0 Å². The molecule has 1 aromatic heterocycles. The molecule has 0 atom stereocenters. The van der Waals surface area contributed by atoms with Crippen molar-refractivity contribution >= 4 is 26.8 Å².